The SMILES string of the molecule is CNC(C)c1ccc(OCCC2CCCCN2C)c(F)c1. The first-order chi connectivity index (χ1) is 10.1. The molecule has 118 valence electrons. The summed E-state index contributed by atoms with van der Waals surface area (Å²) in [6.45, 7) is 3.75. The zero-order chi connectivity index (χ0) is 15.2. The van der Waals surface area contributed by atoms with Crippen LogP contribution in [0.5, 0.6) is 5.75 Å². The van der Waals surface area contributed by atoms with Gasteiger partial charge in [0.15, 0.2) is 11.6 Å². The number of rotatable bonds is 6. The summed E-state index contributed by atoms with van der Waals surface area (Å²) in [6, 6.07) is 5.94. The molecular formula is C17H27FN2O. The van der Waals surface area contributed by atoms with Gasteiger partial charge in [-0.15, -0.1) is 0 Å². The quantitative estimate of drug-likeness (QED) is 0.870. The third-order valence-electron chi connectivity index (χ3n) is 4.52. The first-order valence-corrected chi connectivity index (χ1v) is 7.91. The molecule has 1 N–H and O–H groups in total. The average Bonchev–Trinajstić information content (AvgIpc) is 2.50. The molecule has 0 saturated carbocycles. The summed E-state index contributed by atoms with van der Waals surface area (Å²) in [7, 11) is 4.03. The van der Waals surface area contributed by atoms with Crippen molar-refractivity contribution in [2.24, 2.45) is 0 Å². The predicted molar refractivity (Wildman–Crippen MR) is 84.3 cm³/mol. The summed E-state index contributed by atoms with van der Waals surface area (Å²) >= 11 is 0. The molecule has 1 aromatic rings. The maximum absolute atomic E-state index is 14.0. The maximum atomic E-state index is 14.0. The number of nitrogens with zero attached hydrogens (tertiary/aromatic N) is 1. The molecule has 0 bridgehead atoms. The Hall–Kier alpha value is -1.13. The van der Waals surface area contributed by atoms with Crippen LogP contribution in [0.3, 0.4) is 0 Å². The van der Waals surface area contributed by atoms with Gasteiger partial charge < -0.3 is 15.0 Å². The molecule has 1 heterocycles. The zero-order valence-electron chi connectivity index (χ0n) is 13.4. The van der Waals surface area contributed by atoms with Crippen LogP contribution in [0.4, 0.5) is 4.39 Å². The lowest BCUT2D eigenvalue weighted by atomic mass is 10.0. The molecule has 0 radical (unpaired) electrons. The van der Waals surface area contributed by atoms with Crippen LogP contribution in [0.2, 0.25) is 0 Å². The molecule has 2 unspecified atom stereocenters. The van der Waals surface area contributed by atoms with Gasteiger partial charge in [-0.05, 0) is 64.5 Å². The lowest BCUT2D eigenvalue weighted by molar-refractivity contribution is 0.151. The molecule has 1 aliphatic rings. The smallest absolute Gasteiger partial charge is 0.165 e. The lowest BCUT2D eigenvalue weighted by Gasteiger charge is -2.32. The Morgan fingerprint density at radius 3 is 2.90 bits per heavy atom. The van der Waals surface area contributed by atoms with Crippen molar-refractivity contribution in [1.82, 2.24) is 10.2 Å². The number of ether oxygens (including phenoxy) is 1. The number of hydrogen-bond acceptors (Lipinski definition) is 3. The fourth-order valence-corrected chi connectivity index (χ4v) is 2.88. The molecule has 3 nitrogen and oxygen atoms in total. The topological polar surface area (TPSA) is 24.5 Å². The van der Waals surface area contributed by atoms with E-state index < -0.39 is 0 Å². The van der Waals surface area contributed by atoms with Crippen LogP contribution in [0, 0.1) is 5.82 Å². The van der Waals surface area contributed by atoms with Crippen molar-refractivity contribution in [1.29, 1.82) is 0 Å². The van der Waals surface area contributed by atoms with Gasteiger partial charge >= 0.3 is 0 Å². The van der Waals surface area contributed by atoms with Gasteiger partial charge in [-0.1, -0.05) is 12.5 Å². The summed E-state index contributed by atoms with van der Waals surface area (Å²) in [5.74, 6) is 0.0899. The van der Waals surface area contributed by atoms with Crippen molar-refractivity contribution in [2.45, 2.75) is 44.7 Å². The standard InChI is InChI=1S/C17H27FN2O/c1-13(19-2)14-7-8-17(16(18)12-14)21-11-9-15-6-4-5-10-20(15)3/h7-8,12-13,15,19H,4-6,9-11H2,1-3H3. The van der Waals surface area contributed by atoms with Crippen LogP contribution in [0.1, 0.15) is 44.2 Å². The Bertz CT molecular complexity index is 452. The van der Waals surface area contributed by atoms with Crippen LogP contribution in [-0.2, 0) is 0 Å². The Morgan fingerprint density at radius 1 is 1.43 bits per heavy atom. The maximum Gasteiger partial charge on any atom is 0.165 e. The molecule has 1 saturated heterocycles. The number of piperidine rings is 1. The van der Waals surface area contributed by atoms with E-state index in [1.54, 1.807) is 12.1 Å². The fourth-order valence-electron chi connectivity index (χ4n) is 2.88. The number of nitrogens with one attached hydrogen (secondary N) is 1. The van der Waals surface area contributed by atoms with E-state index >= 15 is 0 Å². The first kappa shape index (κ1) is 16.2. The van der Waals surface area contributed by atoms with E-state index in [0.717, 1.165) is 18.5 Å². The molecule has 0 amide bonds. The lowest BCUT2D eigenvalue weighted by Crippen LogP contribution is -2.37. The van der Waals surface area contributed by atoms with Gasteiger partial charge in [-0.3, -0.25) is 0 Å². The van der Waals surface area contributed by atoms with Crippen molar-refractivity contribution in [3.8, 4) is 5.75 Å². The highest BCUT2D eigenvalue weighted by Gasteiger charge is 2.18. The molecular weight excluding hydrogens is 267 g/mol. The van der Waals surface area contributed by atoms with Crippen molar-refractivity contribution < 1.29 is 9.13 Å². The fraction of sp³-hybridized carbons (Fsp3) is 0.647. The van der Waals surface area contributed by atoms with E-state index in [1.165, 1.54) is 19.3 Å². The summed E-state index contributed by atoms with van der Waals surface area (Å²) in [6.07, 6.45) is 4.76. The van der Waals surface area contributed by atoms with E-state index in [9.17, 15) is 4.39 Å². The van der Waals surface area contributed by atoms with E-state index in [2.05, 4.69) is 17.3 Å². The van der Waals surface area contributed by atoms with Gasteiger partial charge in [-0.25, -0.2) is 4.39 Å². The van der Waals surface area contributed by atoms with Crippen LogP contribution in [0.15, 0.2) is 18.2 Å². The summed E-state index contributed by atoms with van der Waals surface area (Å²) in [5, 5.41) is 3.11. The second kappa shape index (κ2) is 7.76. The van der Waals surface area contributed by atoms with Gasteiger partial charge in [0.2, 0.25) is 0 Å². The number of halogens is 1. The van der Waals surface area contributed by atoms with E-state index in [4.69, 9.17) is 4.74 Å². The van der Waals surface area contributed by atoms with Gasteiger partial charge in [0, 0.05) is 12.1 Å². The largest absolute Gasteiger partial charge is 0.490 e. The minimum atomic E-state index is -0.272. The number of benzene rings is 1. The zero-order valence-corrected chi connectivity index (χ0v) is 13.4. The molecule has 0 spiro atoms. The molecule has 1 fully saturated rings. The van der Waals surface area contributed by atoms with Crippen molar-refractivity contribution >= 4 is 0 Å². The molecule has 1 aliphatic heterocycles. The summed E-state index contributed by atoms with van der Waals surface area (Å²) < 4.78 is 19.7. The minimum absolute atomic E-state index is 0.143. The summed E-state index contributed by atoms with van der Waals surface area (Å²) in [4.78, 5) is 2.39. The van der Waals surface area contributed by atoms with Crippen LogP contribution >= 0.6 is 0 Å². The van der Waals surface area contributed by atoms with Crippen molar-refractivity contribution in [3.63, 3.8) is 0 Å². The van der Waals surface area contributed by atoms with Gasteiger partial charge in [0.1, 0.15) is 0 Å². The number of hydrogen-bond donors (Lipinski definition) is 1. The highest BCUT2D eigenvalue weighted by Crippen LogP contribution is 2.23. The van der Waals surface area contributed by atoms with E-state index in [-0.39, 0.29) is 11.9 Å². The monoisotopic (exact) mass is 294 g/mol. The predicted octanol–water partition coefficient (Wildman–Crippen LogP) is 3.36. The molecule has 4 heteroatoms. The molecule has 0 aliphatic carbocycles. The van der Waals surface area contributed by atoms with Crippen LogP contribution in [-0.4, -0.2) is 38.2 Å². The minimum Gasteiger partial charge on any atom is -0.490 e. The van der Waals surface area contributed by atoms with Gasteiger partial charge in [0.05, 0.1) is 6.61 Å². The molecule has 0 aromatic heterocycles. The van der Waals surface area contributed by atoms with Crippen LogP contribution < -0.4 is 10.1 Å². The third-order valence-corrected chi connectivity index (χ3v) is 4.52. The third kappa shape index (κ3) is 4.42. The Kier molecular flexibility index (Phi) is 6.00. The summed E-state index contributed by atoms with van der Waals surface area (Å²) in [5.41, 5.74) is 0.939. The second-order valence-corrected chi connectivity index (χ2v) is 5.97. The highest BCUT2D eigenvalue weighted by atomic mass is 19.1. The second-order valence-electron chi connectivity index (χ2n) is 5.97. The van der Waals surface area contributed by atoms with Gasteiger partial charge in [-0.2, -0.15) is 0 Å². The van der Waals surface area contributed by atoms with Gasteiger partial charge in [0.25, 0.3) is 0 Å². The Morgan fingerprint density at radius 2 is 2.24 bits per heavy atom. The Labute approximate surface area is 127 Å². The normalized spacial score (nSPS) is 21.2. The number of likely N-dealkylation sites (tertiary alicyclic amines) is 1. The molecule has 2 rings (SSSR count). The molecule has 2 atom stereocenters. The Balaban J connectivity index is 1.85. The van der Waals surface area contributed by atoms with E-state index in [1.807, 2.05) is 20.0 Å². The highest BCUT2D eigenvalue weighted by molar-refractivity contribution is 5.30. The van der Waals surface area contributed by atoms with Crippen molar-refractivity contribution in [3.05, 3.63) is 29.6 Å². The molecule has 1 aromatic carbocycles. The molecule has 21 heavy (non-hydrogen) atoms. The van der Waals surface area contributed by atoms with Crippen LogP contribution in [0.25, 0.3) is 0 Å². The average molecular weight is 294 g/mol. The first-order valence-electron chi connectivity index (χ1n) is 7.91. The van der Waals surface area contributed by atoms with Crippen molar-refractivity contribution in [2.75, 3.05) is 27.2 Å². The van der Waals surface area contributed by atoms with E-state index in [0.29, 0.717) is 18.4 Å².